The smallest absolute Gasteiger partial charge is 0.254 e. The zero-order valence-electron chi connectivity index (χ0n) is 11.9. The van der Waals surface area contributed by atoms with Crippen molar-refractivity contribution in [1.29, 1.82) is 0 Å². The first kappa shape index (κ1) is 13.8. The van der Waals surface area contributed by atoms with Gasteiger partial charge in [-0.2, -0.15) is 0 Å². The van der Waals surface area contributed by atoms with Crippen molar-refractivity contribution < 1.29 is 9.90 Å². The maximum atomic E-state index is 12.6. The van der Waals surface area contributed by atoms with E-state index in [9.17, 15) is 14.7 Å². The van der Waals surface area contributed by atoms with Crippen molar-refractivity contribution >= 4 is 16.8 Å². The van der Waals surface area contributed by atoms with Crippen molar-refractivity contribution in [3.63, 3.8) is 0 Å². The number of nitrogens with one attached hydrogen (secondary N) is 1. The largest absolute Gasteiger partial charge is 0.391 e. The Kier molecular flexibility index (Phi) is 3.51. The van der Waals surface area contributed by atoms with Crippen LogP contribution in [0.1, 0.15) is 23.2 Å². The van der Waals surface area contributed by atoms with Crippen LogP contribution in [0, 0.1) is 5.92 Å². The average Bonchev–Trinajstić information content (AvgIpc) is 3.30. The van der Waals surface area contributed by atoms with Crippen LogP contribution in [-0.4, -0.2) is 40.6 Å². The fraction of sp³-hybridized carbons (Fsp3) is 0.375. The number of nitrogens with zero attached hydrogens (tertiary/aromatic N) is 1. The van der Waals surface area contributed by atoms with Gasteiger partial charge in [0, 0.05) is 30.6 Å². The molecule has 1 amide bonds. The lowest BCUT2D eigenvalue weighted by atomic mass is 10.1. The maximum Gasteiger partial charge on any atom is 0.254 e. The number of aliphatic hydroxyl groups excluding tert-OH is 1. The van der Waals surface area contributed by atoms with Gasteiger partial charge in [-0.05, 0) is 24.8 Å². The predicted octanol–water partition coefficient (Wildman–Crippen LogP) is 1.37. The van der Waals surface area contributed by atoms with Crippen LogP contribution in [-0.2, 0) is 0 Å². The molecule has 1 saturated carbocycles. The number of likely N-dealkylation sites (N-methyl/N-ethyl adjacent to an activating group) is 1. The molecule has 1 heterocycles. The van der Waals surface area contributed by atoms with Crippen LogP contribution in [0.25, 0.3) is 10.9 Å². The number of carbonyl (C=O) groups excluding carboxylic acids is 1. The molecule has 21 heavy (non-hydrogen) atoms. The fourth-order valence-corrected chi connectivity index (χ4v) is 2.58. The van der Waals surface area contributed by atoms with Crippen LogP contribution in [0.3, 0.4) is 0 Å². The van der Waals surface area contributed by atoms with Gasteiger partial charge in [-0.3, -0.25) is 9.59 Å². The summed E-state index contributed by atoms with van der Waals surface area (Å²) in [5.41, 5.74) is 0.720. The number of H-pyrrole nitrogens is 1. The van der Waals surface area contributed by atoms with Gasteiger partial charge in [0.2, 0.25) is 5.56 Å². The van der Waals surface area contributed by atoms with E-state index in [1.807, 2.05) is 18.2 Å². The van der Waals surface area contributed by atoms with E-state index in [4.69, 9.17) is 0 Å². The highest BCUT2D eigenvalue weighted by Gasteiger charge is 2.31. The first-order valence-electron chi connectivity index (χ1n) is 7.12. The summed E-state index contributed by atoms with van der Waals surface area (Å²) < 4.78 is 0. The highest BCUT2D eigenvalue weighted by Crippen LogP contribution is 2.32. The van der Waals surface area contributed by atoms with E-state index in [1.54, 1.807) is 13.1 Å². The Bertz CT molecular complexity index is 734. The van der Waals surface area contributed by atoms with Crippen molar-refractivity contribution in [2.75, 3.05) is 13.6 Å². The summed E-state index contributed by atoms with van der Waals surface area (Å²) in [4.78, 5) is 28.5. The summed E-state index contributed by atoms with van der Waals surface area (Å²) in [6.07, 6.45) is 1.57. The van der Waals surface area contributed by atoms with Crippen molar-refractivity contribution in [2.24, 2.45) is 5.92 Å². The summed E-state index contributed by atoms with van der Waals surface area (Å²) in [6, 6.07) is 8.55. The second-order valence-corrected chi connectivity index (χ2v) is 5.68. The van der Waals surface area contributed by atoms with E-state index < -0.39 is 6.10 Å². The minimum atomic E-state index is -0.479. The van der Waals surface area contributed by atoms with E-state index in [-0.39, 0.29) is 11.5 Å². The number of hydrogen-bond donors (Lipinski definition) is 2. The molecule has 1 unspecified atom stereocenters. The highest BCUT2D eigenvalue weighted by molar-refractivity contribution is 6.05. The maximum absolute atomic E-state index is 12.6. The molecule has 1 aliphatic rings. The number of aromatic nitrogens is 1. The Labute approximate surface area is 122 Å². The summed E-state index contributed by atoms with van der Waals surface area (Å²) in [6.45, 7) is 0.296. The molecule has 3 rings (SSSR count). The van der Waals surface area contributed by atoms with Crippen LogP contribution < -0.4 is 5.56 Å². The molecular formula is C16H18N2O3. The lowest BCUT2D eigenvalue weighted by Crippen LogP contribution is -2.35. The Hall–Kier alpha value is -2.14. The standard InChI is InChI=1S/C16H18N2O3/c1-18(9-14(19)10-6-7-10)16(21)12-8-15(20)17-13-5-3-2-4-11(12)13/h2-5,8,10,14,19H,6-7,9H2,1H3,(H,17,20). The number of benzene rings is 1. The Morgan fingerprint density at radius 2 is 2.14 bits per heavy atom. The lowest BCUT2D eigenvalue weighted by molar-refractivity contribution is 0.0647. The third-order valence-corrected chi connectivity index (χ3v) is 3.95. The number of para-hydroxylation sites is 1. The van der Waals surface area contributed by atoms with Gasteiger partial charge < -0.3 is 15.0 Å². The number of aliphatic hydroxyl groups is 1. The SMILES string of the molecule is CN(CC(O)C1CC1)C(=O)c1cc(=O)[nH]c2ccccc12. The van der Waals surface area contributed by atoms with E-state index in [1.165, 1.54) is 11.0 Å². The summed E-state index contributed by atoms with van der Waals surface area (Å²) >= 11 is 0. The van der Waals surface area contributed by atoms with Gasteiger partial charge in [0.15, 0.2) is 0 Å². The van der Waals surface area contributed by atoms with Crippen LogP contribution >= 0.6 is 0 Å². The molecule has 1 atom stereocenters. The van der Waals surface area contributed by atoms with Gasteiger partial charge in [0.25, 0.3) is 5.91 Å². The molecule has 1 aliphatic carbocycles. The topological polar surface area (TPSA) is 73.4 Å². The molecule has 0 bridgehead atoms. The molecule has 0 spiro atoms. The highest BCUT2D eigenvalue weighted by atomic mass is 16.3. The summed E-state index contributed by atoms with van der Waals surface area (Å²) in [7, 11) is 1.66. The van der Waals surface area contributed by atoms with E-state index in [2.05, 4.69) is 4.98 Å². The molecule has 0 aliphatic heterocycles. The number of carbonyl (C=O) groups is 1. The Balaban J connectivity index is 1.91. The van der Waals surface area contributed by atoms with Crippen molar-refractivity contribution in [1.82, 2.24) is 9.88 Å². The van der Waals surface area contributed by atoms with Crippen molar-refractivity contribution in [3.05, 3.63) is 46.2 Å². The molecule has 2 N–H and O–H groups in total. The van der Waals surface area contributed by atoms with Crippen molar-refractivity contribution in [3.8, 4) is 0 Å². The molecule has 5 nitrogen and oxygen atoms in total. The molecular weight excluding hydrogens is 268 g/mol. The van der Waals surface area contributed by atoms with Crippen LogP contribution in [0.2, 0.25) is 0 Å². The zero-order valence-corrected chi connectivity index (χ0v) is 11.9. The normalized spacial score (nSPS) is 15.9. The monoisotopic (exact) mass is 286 g/mol. The third kappa shape index (κ3) is 2.83. The van der Waals surface area contributed by atoms with E-state index in [0.29, 0.717) is 23.5 Å². The van der Waals surface area contributed by atoms with Gasteiger partial charge in [-0.15, -0.1) is 0 Å². The molecule has 1 fully saturated rings. The average molecular weight is 286 g/mol. The molecule has 1 aromatic heterocycles. The Morgan fingerprint density at radius 1 is 1.43 bits per heavy atom. The second-order valence-electron chi connectivity index (χ2n) is 5.68. The van der Waals surface area contributed by atoms with E-state index in [0.717, 1.165) is 18.2 Å². The molecule has 2 aromatic rings. The van der Waals surface area contributed by atoms with Gasteiger partial charge >= 0.3 is 0 Å². The zero-order chi connectivity index (χ0) is 15.0. The number of fused-ring (bicyclic) bond motifs is 1. The summed E-state index contributed by atoms with van der Waals surface area (Å²) in [5, 5.41) is 10.7. The van der Waals surface area contributed by atoms with Gasteiger partial charge in [0.1, 0.15) is 0 Å². The quantitative estimate of drug-likeness (QED) is 0.891. The molecule has 0 radical (unpaired) electrons. The third-order valence-electron chi connectivity index (χ3n) is 3.95. The van der Waals surface area contributed by atoms with Crippen molar-refractivity contribution in [2.45, 2.75) is 18.9 Å². The fourth-order valence-electron chi connectivity index (χ4n) is 2.58. The molecule has 0 saturated heterocycles. The second kappa shape index (κ2) is 5.33. The first-order chi connectivity index (χ1) is 10.1. The van der Waals surface area contributed by atoms with Gasteiger partial charge in [-0.1, -0.05) is 18.2 Å². The number of rotatable bonds is 4. The van der Waals surface area contributed by atoms with E-state index >= 15 is 0 Å². The molecule has 110 valence electrons. The minimum absolute atomic E-state index is 0.239. The lowest BCUT2D eigenvalue weighted by Gasteiger charge is -2.21. The number of pyridine rings is 1. The molecule has 1 aromatic carbocycles. The molecule has 5 heteroatoms. The summed E-state index contributed by atoms with van der Waals surface area (Å²) in [5.74, 6) is 0.0770. The van der Waals surface area contributed by atoms with Crippen LogP contribution in [0.4, 0.5) is 0 Å². The number of aromatic amines is 1. The minimum Gasteiger partial charge on any atom is -0.391 e. The van der Waals surface area contributed by atoms with Gasteiger partial charge in [-0.25, -0.2) is 0 Å². The number of hydrogen-bond acceptors (Lipinski definition) is 3. The Morgan fingerprint density at radius 3 is 2.86 bits per heavy atom. The van der Waals surface area contributed by atoms with Gasteiger partial charge in [0.05, 0.1) is 11.7 Å². The van der Waals surface area contributed by atoms with Crippen LogP contribution in [0.15, 0.2) is 35.1 Å². The first-order valence-corrected chi connectivity index (χ1v) is 7.12. The van der Waals surface area contributed by atoms with Crippen LogP contribution in [0.5, 0.6) is 0 Å². The number of amides is 1. The predicted molar refractivity (Wildman–Crippen MR) is 80.3 cm³/mol.